The number of alkyl halides is 2. The summed E-state index contributed by atoms with van der Waals surface area (Å²) in [7, 11) is -1.78. The highest BCUT2D eigenvalue weighted by Gasteiger charge is 2.30. The average molecular weight is 308 g/mol. The van der Waals surface area contributed by atoms with Gasteiger partial charge >= 0.3 is 0 Å². The Labute approximate surface area is 116 Å². The Bertz CT molecular complexity index is 538. The van der Waals surface area contributed by atoms with Gasteiger partial charge in [0.05, 0.1) is 6.20 Å². The van der Waals surface area contributed by atoms with Gasteiger partial charge in [0.2, 0.25) is 10.0 Å². The van der Waals surface area contributed by atoms with Gasteiger partial charge in [-0.2, -0.15) is 9.40 Å². The summed E-state index contributed by atoms with van der Waals surface area (Å²) in [5.74, 6) is 0. The molecule has 2 rings (SSSR count). The van der Waals surface area contributed by atoms with E-state index in [1.54, 1.807) is 0 Å². The minimum atomic E-state index is -3.63. The summed E-state index contributed by atoms with van der Waals surface area (Å²) >= 11 is 0. The van der Waals surface area contributed by atoms with Crippen molar-refractivity contribution in [3.63, 3.8) is 0 Å². The molecule has 9 heteroatoms. The summed E-state index contributed by atoms with van der Waals surface area (Å²) in [5, 5.41) is 6.79. The Kier molecular flexibility index (Phi) is 4.71. The second-order valence-corrected chi connectivity index (χ2v) is 6.69. The maximum Gasteiger partial charge on any atom is 0.257 e. The number of piperidine rings is 1. The third kappa shape index (κ3) is 3.33. The highest BCUT2D eigenvalue weighted by Crippen LogP contribution is 2.20. The van der Waals surface area contributed by atoms with Gasteiger partial charge in [-0.1, -0.05) is 0 Å². The third-order valence-electron chi connectivity index (χ3n) is 3.43. The Morgan fingerprint density at radius 2 is 2.10 bits per heavy atom. The van der Waals surface area contributed by atoms with Crippen LogP contribution in [0, 0.1) is 0 Å². The molecule has 20 heavy (non-hydrogen) atoms. The lowest BCUT2D eigenvalue weighted by molar-refractivity contribution is 0.121. The van der Waals surface area contributed by atoms with Crippen LogP contribution in [0.4, 0.5) is 8.78 Å². The van der Waals surface area contributed by atoms with Crippen LogP contribution in [0.25, 0.3) is 0 Å². The van der Waals surface area contributed by atoms with Crippen molar-refractivity contribution in [1.82, 2.24) is 19.4 Å². The number of sulfonamides is 1. The first-order valence-electron chi connectivity index (χ1n) is 6.41. The molecule has 0 amide bonds. The minimum absolute atomic E-state index is 0.0268. The molecule has 0 aromatic carbocycles. The summed E-state index contributed by atoms with van der Waals surface area (Å²) in [6, 6.07) is 0.322. The van der Waals surface area contributed by atoms with Crippen LogP contribution in [-0.4, -0.2) is 55.1 Å². The van der Waals surface area contributed by atoms with Crippen molar-refractivity contribution in [2.45, 2.75) is 36.7 Å². The fourth-order valence-electron chi connectivity index (χ4n) is 2.25. The zero-order chi connectivity index (χ0) is 14.8. The second kappa shape index (κ2) is 6.15. The van der Waals surface area contributed by atoms with Gasteiger partial charge in [0.25, 0.3) is 6.43 Å². The monoisotopic (exact) mass is 308 g/mol. The standard InChI is InChI=1S/C11H18F2N4O2S/c1-14-9-2-4-17(5-3-9)20(18,19)10-6-15-16(7-10)8-11(12)13/h6-7,9,11,14H,2-5,8H2,1H3. The molecule has 0 atom stereocenters. The van der Waals surface area contributed by atoms with Crippen LogP contribution in [0.3, 0.4) is 0 Å². The number of hydrogen-bond donors (Lipinski definition) is 1. The normalized spacial score (nSPS) is 18.8. The fourth-order valence-corrected chi connectivity index (χ4v) is 3.68. The van der Waals surface area contributed by atoms with Gasteiger partial charge in [-0.15, -0.1) is 0 Å². The van der Waals surface area contributed by atoms with Crippen LogP contribution in [0.1, 0.15) is 12.8 Å². The van der Waals surface area contributed by atoms with Gasteiger partial charge < -0.3 is 5.32 Å². The molecule has 0 saturated carbocycles. The molecule has 2 heterocycles. The zero-order valence-electron chi connectivity index (χ0n) is 11.2. The lowest BCUT2D eigenvalue weighted by atomic mass is 10.1. The molecule has 0 aliphatic carbocycles. The number of nitrogens with zero attached hydrogens (tertiary/aromatic N) is 3. The first-order valence-corrected chi connectivity index (χ1v) is 7.85. The maximum absolute atomic E-state index is 12.3. The first-order chi connectivity index (χ1) is 9.43. The van der Waals surface area contributed by atoms with Crippen molar-refractivity contribution in [2.24, 2.45) is 0 Å². The van der Waals surface area contributed by atoms with E-state index < -0.39 is 23.0 Å². The molecule has 0 radical (unpaired) electrons. The third-order valence-corrected chi connectivity index (χ3v) is 5.29. The summed E-state index contributed by atoms with van der Waals surface area (Å²) in [6.45, 7) is 0.249. The molecule has 0 bridgehead atoms. The highest BCUT2D eigenvalue weighted by molar-refractivity contribution is 7.89. The molecule has 0 unspecified atom stereocenters. The van der Waals surface area contributed by atoms with Gasteiger partial charge in [0, 0.05) is 25.3 Å². The zero-order valence-corrected chi connectivity index (χ0v) is 12.0. The molecule has 0 spiro atoms. The van der Waals surface area contributed by atoms with Crippen molar-refractivity contribution in [2.75, 3.05) is 20.1 Å². The predicted octanol–water partition coefficient (Wildman–Crippen LogP) is 0.521. The van der Waals surface area contributed by atoms with E-state index in [2.05, 4.69) is 10.4 Å². The van der Waals surface area contributed by atoms with Crippen molar-refractivity contribution in [3.05, 3.63) is 12.4 Å². The number of aromatic nitrogens is 2. The second-order valence-electron chi connectivity index (χ2n) is 4.76. The molecule has 6 nitrogen and oxygen atoms in total. The Hall–Kier alpha value is -1.06. The molecule has 1 N–H and O–H groups in total. The summed E-state index contributed by atoms with van der Waals surface area (Å²) < 4.78 is 51.5. The molecule has 1 aromatic heterocycles. The van der Waals surface area contributed by atoms with Crippen LogP contribution >= 0.6 is 0 Å². The summed E-state index contributed by atoms with van der Waals surface area (Å²) in [6.07, 6.45) is 1.20. The first kappa shape index (κ1) is 15.3. The van der Waals surface area contributed by atoms with E-state index in [1.807, 2.05) is 7.05 Å². The average Bonchev–Trinajstić information content (AvgIpc) is 2.87. The highest BCUT2D eigenvalue weighted by atomic mass is 32.2. The molecule has 1 fully saturated rings. The van der Waals surface area contributed by atoms with E-state index in [1.165, 1.54) is 4.31 Å². The number of halogens is 2. The van der Waals surface area contributed by atoms with Gasteiger partial charge in [-0.3, -0.25) is 4.68 Å². The molecular formula is C11H18F2N4O2S. The van der Waals surface area contributed by atoms with Gasteiger partial charge in [0.15, 0.2) is 0 Å². The quantitative estimate of drug-likeness (QED) is 0.861. The van der Waals surface area contributed by atoms with E-state index in [9.17, 15) is 17.2 Å². The van der Waals surface area contributed by atoms with Crippen molar-refractivity contribution in [1.29, 1.82) is 0 Å². The molecule has 1 aromatic rings. The van der Waals surface area contributed by atoms with Crippen molar-refractivity contribution < 1.29 is 17.2 Å². The van der Waals surface area contributed by atoms with E-state index in [4.69, 9.17) is 0 Å². The number of hydrogen-bond acceptors (Lipinski definition) is 4. The van der Waals surface area contributed by atoms with Gasteiger partial charge in [0.1, 0.15) is 11.4 Å². The van der Waals surface area contributed by atoms with E-state index in [0.29, 0.717) is 19.1 Å². The number of rotatable bonds is 5. The smallest absolute Gasteiger partial charge is 0.257 e. The molecule has 1 saturated heterocycles. The van der Waals surface area contributed by atoms with Crippen molar-refractivity contribution >= 4 is 10.0 Å². The van der Waals surface area contributed by atoms with E-state index in [-0.39, 0.29) is 4.90 Å². The van der Waals surface area contributed by atoms with E-state index >= 15 is 0 Å². The van der Waals surface area contributed by atoms with Crippen LogP contribution in [0.15, 0.2) is 17.3 Å². The summed E-state index contributed by atoms with van der Waals surface area (Å²) in [4.78, 5) is -0.0268. The Morgan fingerprint density at radius 1 is 1.45 bits per heavy atom. The van der Waals surface area contributed by atoms with Crippen molar-refractivity contribution in [3.8, 4) is 0 Å². The van der Waals surface area contributed by atoms with E-state index in [0.717, 1.165) is 29.9 Å². The Balaban J connectivity index is 2.08. The number of nitrogens with one attached hydrogen (secondary N) is 1. The fraction of sp³-hybridized carbons (Fsp3) is 0.727. The SMILES string of the molecule is CNC1CCN(S(=O)(=O)c2cnn(CC(F)F)c2)CC1. The van der Waals surface area contributed by atoms with Crippen LogP contribution in [0.5, 0.6) is 0 Å². The predicted molar refractivity (Wildman–Crippen MR) is 69.1 cm³/mol. The van der Waals surface area contributed by atoms with Gasteiger partial charge in [-0.25, -0.2) is 17.2 Å². The largest absolute Gasteiger partial charge is 0.317 e. The molecule has 1 aliphatic rings. The van der Waals surface area contributed by atoms with Crippen LogP contribution in [-0.2, 0) is 16.6 Å². The van der Waals surface area contributed by atoms with Crippen LogP contribution < -0.4 is 5.32 Å². The topological polar surface area (TPSA) is 67.2 Å². The Morgan fingerprint density at radius 3 is 2.65 bits per heavy atom. The lowest BCUT2D eigenvalue weighted by Crippen LogP contribution is -2.43. The lowest BCUT2D eigenvalue weighted by Gasteiger charge is -2.30. The van der Waals surface area contributed by atoms with Crippen LogP contribution in [0.2, 0.25) is 0 Å². The molecule has 114 valence electrons. The minimum Gasteiger partial charge on any atom is -0.317 e. The molecule has 1 aliphatic heterocycles. The van der Waals surface area contributed by atoms with Gasteiger partial charge in [-0.05, 0) is 19.9 Å². The molecular weight excluding hydrogens is 290 g/mol. The maximum atomic E-state index is 12.3. The summed E-state index contributed by atoms with van der Waals surface area (Å²) in [5.41, 5.74) is 0.